The van der Waals surface area contributed by atoms with Crippen molar-refractivity contribution in [1.29, 1.82) is 0 Å². The Bertz CT molecular complexity index is 716. The number of piperidine rings is 1. The first-order valence-electron chi connectivity index (χ1n) is 10.5. The number of halogens is 3. The summed E-state index contributed by atoms with van der Waals surface area (Å²) in [4.78, 5) is 21.0. The average Bonchev–Trinajstić information content (AvgIpc) is 3.08. The van der Waals surface area contributed by atoms with Gasteiger partial charge in [0, 0.05) is 24.9 Å². The van der Waals surface area contributed by atoms with Gasteiger partial charge in [0.1, 0.15) is 0 Å². The number of rotatable bonds is 2. The van der Waals surface area contributed by atoms with E-state index in [9.17, 15) is 18.0 Å². The van der Waals surface area contributed by atoms with E-state index in [4.69, 9.17) is 0 Å². The molecule has 28 heavy (non-hydrogen) atoms. The number of carbonyl (C=O) groups is 1. The van der Waals surface area contributed by atoms with Gasteiger partial charge in [-0.1, -0.05) is 19.3 Å². The molecule has 0 bridgehead atoms. The van der Waals surface area contributed by atoms with Crippen molar-refractivity contribution in [3.05, 3.63) is 17.2 Å². The molecule has 0 unspecified atom stereocenters. The summed E-state index contributed by atoms with van der Waals surface area (Å²) in [5.74, 6) is -0.591. The smallest absolute Gasteiger partial charge is 0.335 e. The van der Waals surface area contributed by atoms with Gasteiger partial charge < -0.3 is 14.4 Å². The first kappa shape index (κ1) is 19.7. The first-order chi connectivity index (χ1) is 13.3. The highest BCUT2D eigenvalue weighted by Crippen LogP contribution is 2.38. The summed E-state index contributed by atoms with van der Waals surface area (Å²) in [6.45, 7) is 2.52. The molecule has 0 N–H and O–H groups in total. The van der Waals surface area contributed by atoms with Gasteiger partial charge in [0.2, 0.25) is 11.7 Å². The molecular formula is C20H29F3N4O. The lowest BCUT2D eigenvalue weighted by Gasteiger charge is -2.34. The lowest BCUT2D eigenvalue weighted by molar-refractivity contribution is -0.148. The first-order valence-corrected chi connectivity index (χ1v) is 10.5. The number of fused-ring (bicyclic) bond motifs is 1. The van der Waals surface area contributed by atoms with E-state index < -0.39 is 12.0 Å². The highest BCUT2D eigenvalue weighted by Gasteiger charge is 2.42. The fraction of sp³-hybridized carbons (Fsp3) is 0.800. The predicted molar refractivity (Wildman–Crippen MR) is 98.7 cm³/mol. The second kappa shape index (κ2) is 7.69. The maximum atomic E-state index is 13.6. The van der Waals surface area contributed by atoms with Crippen LogP contribution >= 0.6 is 0 Å². The monoisotopic (exact) mass is 398 g/mol. The Labute approximate surface area is 163 Å². The van der Waals surface area contributed by atoms with E-state index in [1.807, 2.05) is 7.05 Å². The van der Waals surface area contributed by atoms with Gasteiger partial charge in [-0.25, -0.2) is 4.98 Å². The summed E-state index contributed by atoms with van der Waals surface area (Å²) < 4.78 is 42.1. The van der Waals surface area contributed by atoms with Crippen molar-refractivity contribution in [2.75, 3.05) is 26.7 Å². The van der Waals surface area contributed by atoms with E-state index in [2.05, 4.69) is 9.88 Å². The van der Waals surface area contributed by atoms with Crippen LogP contribution in [-0.2, 0) is 24.1 Å². The van der Waals surface area contributed by atoms with Crippen molar-refractivity contribution < 1.29 is 18.0 Å². The Hall–Kier alpha value is -1.57. The van der Waals surface area contributed by atoms with E-state index in [0.717, 1.165) is 51.6 Å². The van der Waals surface area contributed by atoms with Gasteiger partial charge >= 0.3 is 6.18 Å². The van der Waals surface area contributed by atoms with Crippen LogP contribution in [0.15, 0.2) is 0 Å². The van der Waals surface area contributed by atoms with Crippen molar-refractivity contribution in [3.63, 3.8) is 0 Å². The van der Waals surface area contributed by atoms with Crippen LogP contribution in [0.5, 0.6) is 0 Å². The molecule has 1 aromatic heterocycles. The van der Waals surface area contributed by atoms with Crippen molar-refractivity contribution in [2.24, 2.45) is 5.92 Å². The van der Waals surface area contributed by atoms with Gasteiger partial charge in [-0.15, -0.1) is 0 Å². The quantitative estimate of drug-likeness (QED) is 0.764. The number of likely N-dealkylation sites (tertiary alicyclic amines) is 1. The molecule has 1 saturated heterocycles. The van der Waals surface area contributed by atoms with Gasteiger partial charge in [-0.2, -0.15) is 13.2 Å². The van der Waals surface area contributed by atoms with E-state index in [1.165, 1.54) is 11.0 Å². The number of aromatic nitrogens is 2. The Balaban J connectivity index is 1.61. The van der Waals surface area contributed by atoms with E-state index in [-0.39, 0.29) is 30.8 Å². The third kappa shape index (κ3) is 3.80. The van der Waals surface area contributed by atoms with Gasteiger partial charge in [0.05, 0.1) is 17.9 Å². The minimum absolute atomic E-state index is 0.0390. The van der Waals surface area contributed by atoms with Crippen LogP contribution < -0.4 is 0 Å². The number of imidazole rings is 1. The molecule has 8 heteroatoms. The standard InChI is InChI=1S/C20H29F3N4O/c1-25-9-7-14(8-10-25)17-16-13-26(18(28)15-5-3-2-4-6-15)11-12-27(16)19(24-17)20(21,22)23/h14-15H,2-13H2,1H3. The Morgan fingerprint density at radius 2 is 1.68 bits per heavy atom. The molecule has 5 nitrogen and oxygen atoms in total. The zero-order chi connectivity index (χ0) is 19.9. The number of alkyl halides is 3. The van der Waals surface area contributed by atoms with Crippen LogP contribution in [0.2, 0.25) is 0 Å². The zero-order valence-corrected chi connectivity index (χ0v) is 16.5. The van der Waals surface area contributed by atoms with Crippen molar-refractivity contribution >= 4 is 5.91 Å². The molecule has 1 saturated carbocycles. The fourth-order valence-corrected chi connectivity index (χ4v) is 5.01. The summed E-state index contributed by atoms with van der Waals surface area (Å²) >= 11 is 0. The van der Waals surface area contributed by atoms with Crippen LogP contribution in [0.25, 0.3) is 0 Å². The molecule has 0 radical (unpaired) electrons. The molecule has 1 amide bonds. The molecule has 0 spiro atoms. The Kier molecular flexibility index (Phi) is 5.42. The minimum Gasteiger partial charge on any atom is -0.335 e. The summed E-state index contributed by atoms with van der Waals surface area (Å²) in [6.07, 6.45) is 2.29. The molecule has 3 heterocycles. The third-order valence-corrected chi connectivity index (χ3v) is 6.66. The largest absolute Gasteiger partial charge is 0.449 e. The minimum atomic E-state index is -4.46. The van der Waals surface area contributed by atoms with Crippen LogP contribution in [0.4, 0.5) is 13.2 Å². The third-order valence-electron chi connectivity index (χ3n) is 6.66. The second-order valence-corrected chi connectivity index (χ2v) is 8.59. The van der Waals surface area contributed by atoms with E-state index in [1.54, 1.807) is 4.90 Å². The Morgan fingerprint density at radius 1 is 1.00 bits per heavy atom. The van der Waals surface area contributed by atoms with Gasteiger partial charge in [-0.05, 0) is 45.8 Å². The molecule has 0 aromatic carbocycles. The number of hydrogen-bond acceptors (Lipinski definition) is 3. The summed E-state index contributed by atoms with van der Waals surface area (Å²) in [6, 6.07) is 0. The van der Waals surface area contributed by atoms with Crippen molar-refractivity contribution in [3.8, 4) is 0 Å². The lowest BCUT2D eigenvalue weighted by Crippen LogP contribution is -2.43. The lowest BCUT2D eigenvalue weighted by atomic mass is 9.88. The summed E-state index contributed by atoms with van der Waals surface area (Å²) in [5, 5.41) is 0. The number of amides is 1. The van der Waals surface area contributed by atoms with Crippen LogP contribution in [0.1, 0.15) is 68.1 Å². The predicted octanol–water partition coefficient (Wildman–Crippen LogP) is 3.63. The zero-order valence-electron chi connectivity index (χ0n) is 16.5. The van der Waals surface area contributed by atoms with Crippen molar-refractivity contribution in [1.82, 2.24) is 19.4 Å². The van der Waals surface area contributed by atoms with Crippen LogP contribution in [0.3, 0.4) is 0 Å². The van der Waals surface area contributed by atoms with Gasteiger partial charge in [-0.3, -0.25) is 4.79 Å². The second-order valence-electron chi connectivity index (χ2n) is 8.59. The molecule has 1 aliphatic carbocycles. The number of hydrogen-bond donors (Lipinski definition) is 0. The molecule has 1 aromatic rings. The topological polar surface area (TPSA) is 41.4 Å². The van der Waals surface area contributed by atoms with E-state index in [0.29, 0.717) is 17.9 Å². The number of nitrogens with zero attached hydrogens (tertiary/aromatic N) is 4. The maximum absolute atomic E-state index is 13.6. The highest BCUT2D eigenvalue weighted by molar-refractivity contribution is 5.79. The van der Waals surface area contributed by atoms with Crippen LogP contribution in [-0.4, -0.2) is 51.9 Å². The van der Waals surface area contributed by atoms with Gasteiger partial charge in [0.15, 0.2) is 0 Å². The summed E-state index contributed by atoms with van der Waals surface area (Å²) in [5.41, 5.74) is 1.18. The van der Waals surface area contributed by atoms with Gasteiger partial charge in [0.25, 0.3) is 0 Å². The van der Waals surface area contributed by atoms with Crippen LogP contribution in [0, 0.1) is 5.92 Å². The Morgan fingerprint density at radius 3 is 2.32 bits per heavy atom. The molecule has 0 atom stereocenters. The molecule has 2 fully saturated rings. The molecular weight excluding hydrogens is 369 g/mol. The average molecular weight is 398 g/mol. The normalized spacial score (nSPS) is 23.1. The fourth-order valence-electron chi connectivity index (χ4n) is 5.01. The SMILES string of the molecule is CN1CCC(c2nc(C(F)(F)F)n3c2CN(C(=O)C2CCCCC2)CC3)CC1. The summed E-state index contributed by atoms with van der Waals surface area (Å²) in [7, 11) is 2.03. The maximum Gasteiger partial charge on any atom is 0.449 e. The molecule has 3 aliphatic rings. The van der Waals surface area contributed by atoms with Crippen molar-refractivity contribution in [2.45, 2.75) is 70.1 Å². The molecule has 2 aliphatic heterocycles. The molecule has 156 valence electrons. The highest BCUT2D eigenvalue weighted by atomic mass is 19.4. The molecule has 4 rings (SSSR count). The number of carbonyl (C=O) groups excluding carboxylic acids is 1. The van der Waals surface area contributed by atoms with E-state index >= 15 is 0 Å².